The number of hydrogen-bond donors (Lipinski definition) is 3. The van der Waals surface area contributed by atoms with Crippen LogP contribution in [0.2, 0.25) is 0 Å². The number of benzene rings is 1. The average molecular weight is 435 g/mol. The smallest absolute Gasteiger partial charge is 0.396 e. The number of aliphatic hydroxyl groups is 1. The Balaban J connectivity index is 1.85. The molecule has 1 aliphatic rings. The van der Waals surface area contributed by atoms with E-state index in [0.29, 0.717) is 24.1 Å². The summed E-state index contributed by atoms with van der Waals surface area (Å²) in [5.41, 5.74) is 0.822. The number of amides is 2. The second-order valence-electron chi connectivity index (χ2n) is 6.95. The minimum Gasteiger partial charge on any atom is -0.396 e. The highest BCUT2D eigenvalue weighted by molar-refractivity contribution is 5.95. The van der Waals surface area contributed by atoms with Crippen molar-refractivity contribution in [3.8, 4) is 17.5 Å². The SMILES string of the molecule is O=C(NCC(F)(F)F)c1ccc(-n2cc(C(=O)NC3CC3)nn2)c(C#CCCCO)c1. The highest BCUT2D eigenvalue weighted by Crippen LogP contribution is 2.20. The number of aromatic nitrogens is 3. The van der Waals surface area contributed by atoms with Crippen LogP contribution in [0.3, 0.4) is 0 Å². The van der Waals surface area contributed by atoms with E-state index in [1.807, 2.05) is 5.32 Å². The minimum atomic E-state index is -4.53. The summed E-state index contributed by atoms with van der Waals surface area (Å²) < 4.78 is 38.4. The van der Waals surface area contributed by atoms with E-state index in [1.54, 1.807) is 0 Å². The quantitative estimate of drug-likeness (QED) is 0.452. The van der Waals surface area contributed by atoms with Crippen LogP contribution in [-0.4, -0.2) is 57.3 Å². The largest absolute Gasteiger partial charge is 0.405 e. The van der Waals surface area contributed by atoms with Gasteiger partial charge in [0.25, 0.3) is 11.8 Å². The van der Waals surface area contributed by atoms with Crippen LogP contribution in [0.5, 0.6) is 0 Å². The molecule has 3 N–H and O–H groups in total. The minimum absolute atomic E-state index is 0.00808. The summed E-state index contributed by atoms with van der Waals surface area (Å²) in [6, 6.07) is 4.31. The lowest BCUT2D eigenvalue weighted by molar-refractivity contribution is -0.123. The fraction of sp³-hybridized carbons (Fsp3) is 0.400. The van der Waals surface area contributed by atoms with Crippen LogP contribution >= 0.6 is 0 Å². The van der Waals surface area contributed by atoms with Crippen molar-refractivity contribution in [2.75, 3.05) is 13.2 Å². The number of carbonyl (C=O) groups is 2. The van der Waals surface area contributed by atoms with Crippen molar-refractivity contribution in [2.24, 2.45) is 0 Å². The lowest BCUT2D eigenvalue weighted by Gasteiger charge is -2.10. The van der Waals surface area contributed by atoms with Gasteiger partial charge in [0.15, 0.2) is 5.69 Å². The molecule has 1 saturated carbocycles. The molecule has 164 valence electrons. The third-order valence-electron chi connectivity index (χ3n) is 4.28. The first-order valence-electron chi connectivity index (χ1n) is 9.59. The molecule has 8 nitrogen and oxygen atoms in total. The van der Waals surface area contributed by atoms with E-state index in [0.717, 1.165) is 12.8 Å². The Morgan fingerprint density at radius 3 is 2.71 bits per heavy atom. The van der Waals surface area contributed by atoms with Crippen LogP contribution < -0.4 is 10.6 Å². The first-order chi connectivity index (χ1) is 14.8. The molecule has 1 fully saturated rings. The van der Waals surface area contributed by atoms with Crippen LogP contribution in [-0.2, 0) is 0 Å². The molecule has 11 heteroatoms. The Morgan fingerprint density at radius 2 is 2.03 bits per heavy atom. The Hall–Kier alpha value is -3.39. The summed E-state index contributed by atoms with van der Waals surface area (Å²) in [7, 11) is 0. The molecular weight excluding hydrogens is 415 g/mol. The molecule has 1 aliphatic carbocycles. The lowest BCUT2D eigenvalue weighted by atomic mass is 10.1. The Morgan fingerprint density at radius 1 is 1.26 bits per heavy atom. The number of nitrogens with zero attached hydrogens (tertiary/aromatic N) is 3. The molecule has 0 unspecified atom stereocenters. The van der Waals surface area contributed by atoms with Gasteiger partial charge in [-0.25, -0.2) is 4.68 Å². The van der Waals surface area contributed by atoms with E-state index in [9.17, 15) is 22.8 Å². The van der Waals surface area contributed by atoms with Crippen LogP contribution in [0.15, 0.2) is 24.4 Å². The van der Waals surface area contributed by atoms with Crippen LogP contribution in [0, 0.1) is 11.8 Å². The van der Waals surface area contributed by atoms with Crippen molar-refractivity contribution in [3.63, 3.8) is 0 Å². The summed E-state index contributed by atoms with van der Waals surface area (Å²) in [5, 5.41) is 21.3. The van der Waals surface area contributed by atoms with Gasteiger partial charge in [0.2, 0.25) is 0 Å². The van der Waals surface area contributed by atoms with E-state index < -0.39 is 18.6 Å². The summed E-state index contributed by atoms with van der Waals surface area (Å²) >= 11 is 0. The van der Waals surface area contributed by atoms with Crippen molar-refractivity contribution in [3.05, 3.63) is 41.2 Å². The van der Waals surface area contributed by atoms with Gasteiger partial charge in [-0.15, -0.1) is 5.10 Å². The van der Waals surface area contributed by atoms with Crippen molar-refractivity contribution in [1.29, 1.82) is 0 Å². The van der Waals surface area contributed by atoms with Crippen LogP contribution in [0.4, 0.5) is 13.2 Å². The average Bonchev–Trinajstić information content (AvgIpc) is 3.40. The summed E-state index contributed by atoms with van der Waals surface area (Å²) in [5.74, 6) is 4.43. The number of rotatable bonds is 7. The third-order valence-corrected chi connectivity index (χ3v) is 4.28. The maximum absolute atomic E-state index is 12.4. The van der Waals surface area contributed by atoms with Crippen molar-refractivity contribution in [1.82, 2.24) is 25.6 Å². The Labute approximate surface area is 175 Å². The first kappa shape index (κ1) is 22.3. The van der Waals surface area contributed by atoms with Gasteiger partial charge >= 0.3 is 6.18 Å². The molecule has 0 atom stereocenters. The predicted molar refractivity (Wildman–Crippen MR) is 103 cm³/mol. The Kier molecular flexibility index (Phi) is 6.91. The normalized spacial score (nSPS) is 13.3. The molecule has 0 aliphatic heterocycles. The molecule has 0 radical (unpaired) electrons. The summed E-state index contributed by atoms with van der Waals surface area (Å²) in [4.78, 5) is 24.2. The standard InChI is InChI=1S/C20H20F3N5O3/c21-20(22,23)12-24-18(30)14-5-8-17(13(10-14)4-2-1-3-9-29)28-11-16(26-27-28)19(31)25-15-6-7-15/h5,8,10-11,15,29H,1,3,6-7,9,12H2,(H,24,30)(H,25,31). The molecule has 1 aromatic heterocycles. The lowest BCUT2D eigenvalue weighted by Crippen LogP contribution is -2.33. The fourth-order valence-corrected chi connectivity index (χ4v) is 2.56. The van der Waals surface area contributed by atoms with Gasteiger partial charge in [-0.1, -0.05) is 17.1 Å². The van der Waals surface area contributed by atoms with Gasteiger partial charge < -0.3 is 15.7 Å². The zero-order valence-corrected chi connectivity index (χ0v) is 16.4. The molecule has 2 amide bonds. The number of aliphatic hydroxyl groups excluding tert-OH is 1. The second kappa shape index (κ2) is 9.61. The van der Waals surface area contributed by atoms with E-state index in [2.05, 4.69) is 27.5 Å². The van der Waals surface area contributed by atoms with Gasteiger partial charge in [0.1, 0.15) is 6.54 Å². The van der Waals surface area contributed by atoms with Gasteiger partial charge in [-0.2, -0.15) is 13.2 Å². The molecular formula is C20H20F3N5O3. The zero-order valence-electron chi connectivity index (χ0n) is 16.4. The maximum atomic E-state index is 12.4. The molecule has 0 spiro atoms. The number of nitrogens with one attached hydrogen (secondary N) is 2. The molecule has 1 heterocycles. The molecule has 1 aromatic carbocycles. The molecule has 0 saturated heterocycles. The van der Waals surface area contributed by atoms with E-state index in [-0.39, 0.29) is 29.8 Å². The number of unbranched alkanes of at least 4 members (excludes halogenated alkanes) is 1. The number of alkyl halides is 3. The van der Waals surface area contributed by atoms with Crippen LogP contribution in [0.1, 0.15) is 52.1 Å². The number of carbonyl (C=O) groups excluding carboxylic acids is 2. The van der Waals surface area contributed by atoms with Gasteiger partial charge in [-0.05, 0) is 37.5 Å². The van der Waals surface area contributed by atoms with E-state index >= 15 is 0 Å². The second-order valence-corrected chi connectivity index (χ2v) is 6.95. The predicted octanol–water partition coefficient (Wildman–Crippen LogP) is 1.58. The summed E-state index contributed by atoms with van der Waals surface area (Å²) in [6.07, 6.45) is -0.442. The van der Waals surface area contributed by atoms with Crippen molar-refractivity contribution < 1.29 is 27.9 Å². The molecule has 2 aromatic rings. The number of halogens is 3. The first-order valence-corrected chi connectivity index (χ1v) is 9.59. The topological polar surface area (TPSA) is 109 Å². The molecule has 31 heavy (non-hydrogen) atoms. The zero-order chi connectivity index (χ0) is 22.4. The molecule has 0 bridgehead atoms. The summed E-state index contributed by atoms with van der Waals surface area (Å²) in [6.45, 7) is -1.49. The van der Waals surface area contributed by atoms with E-state index in [4.69, 9.17) is 5.11 Å². The number of hydrogen-bond acceptors (Lipinski definition) is 5. The van der Waals surface area contributed by atoms with Crippen LogP contribution in [0.25, 0.3) is 5.69 Å². The van der Waals surface area contributed by atoms with Gasteiger partial charge in [0.05, 0.1) is 17.4 Å². The Bertz CT molecular complexity index is 1020. The monoisotopic (exact) mass is 435 g/mol. The van der Waals surface area contributed by atoms with E-state index in [1.165, 1.54) is 29.1 Å². The maximum Gasteiger partial charge on any atom is 0.405 e. The third kappa shape index (κ3) is 6.55. The van der Waals surface area contributed by atoms with Crippen molar-refractivity contribution in [2.45, 2.75) is 37.9 Å². The fourth-order valence-electron chi connectivity index (χ4n) is 2.56. The van der Waals surface area contributed by atoms with Crippen molar-refractivity contribution >= 4 is 11.8 Å². The van der Waals surface area contributed by atoms with Gasteiger partial charge in [-0.3, -0.25) is 9.59 Å². The molecule has 3 rings (SSSR count). The highest BCUT2D eigenvalue weighted by Gasteiger charge is 2.28. The van der Waals surface area contributed by atoms with Gasteiger partial charge in [0, 0.05) is 24.6 Å². The highest BCUT2D eigenvalue weighted by atomic mass is 19.4.